The summed E-state index contributed by atoms with van der Waals surface area (Å²) in [4.78, 5) is 4.26. The zero-order chi connectivity index (χ0) is 19.7. The van der Waals surface area contributed by atoms with Crippen LogP contribution in [0.15, 0.2) is 47.4 Å². The molecule has 7 heteroatoms. The van der Waals surface area contributed by atoms with Crippen molar-refractivity contribution in [2.75, 3.05) is 38.1 Å². The van der Waals surface area contributed by atoms with Crippen LogP contribution in [0, 0.1) is 5.82 Å². The summed E-state index contributed by atoms with van der Waals surface area (Å²) in [5, 5.41) is 0. The van der Waals surface area contributed by atoms with Crippen molar-refractivity contribution in [1.82, 2.24) is 9.62 Å². The van der Waals surface area contributed by atoms with Gasteiger partial charge >= 0.3 is 0 Å². The van der Waals surface area contributed by atoms with E-state index in [1.165, 1.54) is 35.5 Å². The molecule has 0 saturated carbocycles. The van der Waals surface area contributed by atoms with E-state index in [1.54, 1.807) is 0 Å². The van der Waals surface area contributed by atoms with E-state index in [-0.39, 0.29) is 17.5 Å². The minimum absolute atomic E-state index is 0.0553. The molecule has 0 radical (unpaired) electrons. The smallest absolute Gasteiger partial charge is 0.243 e. The minimum Gasteiger partial charge on any atom is -0.374 e. The van der Waals surface area contributed by atoms with Gasteiger partial charge in [-0.15, -0.1) is 0 Å². The van der Waals surface area contributed by atoms with Gasteiger partial charge in [0.15, 0.2) is 0 Å². The van der Waals surface area contributed by atoms with Crippen molar-refractivity contribution < 1.29 is 12.8 Å². The zero-order valence-corrected chi connectivity index (χ0v) is 16.9. The van der Waals surface area contributed by atoms with E-state index in [0.717, 1.165) is 44.5 Å². The van der Waals surface area contributed by atoms with Gasteiger partial charge < -0.3 is 4.90 Å². The standard InChI is InChI=1S/C21H26FN3O2S/c1-24-13-10-17-14-16(8-9-19(17)24)20(25-11-4-5-12-25)15-23-28(26,27)21-7-3-2-6-18(21)22/h2-3,6-9,14,20,23H,4-5,10-13,15H2,1H3/t20-/m0/s1. The lowest BCUT2D eigenvalue weighted by Gasteiger charge is -2.29. The van der Waals surface area contributed by atoms with Crippen LogP contribution in [0.2, 0.25) is 0 Å². The van der Waals surface area contributed by atoms with Gasteiger partial charge in [0.2, 0.25) is 10.0 Å². The largest absolute Gasteiger partial charge is 0.374 e. The highest BCUT2D eigenvalue weighted by molar-refractivity contribution is 7.89. The van der Waals surface area contributed by atoms with Gasteiger partial charge in [-0.2, -0.15) is 0 Å². The fourth-order valence-electron chi connectivity index (χ4n) is 4.23. The molecule has 5 nitrogen and oxygen atoms in total. The molecule has 0 aliphatic carbocycles. The highest BCUT2D eigenvalue weighted by Crippen LogP contribution is 2.32. The summed E-state index contributed by atoms with van der Waals surface area (Å²) >= 11 is 0. The number of sulfonamides is 1. The summed E-state index contributed by atoms with van der Waals surface area (Å²) in [7, 11) is -1.81. The first kappa shape index (κ1) is 19.4. The van der Waals surface area contributed by atoms with Crippen LogP contribution in [0.4, 0.5) is 10.1 Å². The Balaban J connectivity index is 1.58. The molecule has 28 heavy (non-hydrogen) atoms. The second-order valence-corrected chi connectivity index (χ2v) is 9.34. The van der Waals surface area contributed by atoms with Gasteiger partial charge in [0.25, 0.3) is 0 Å². The predicted molar refractivity (Wildman–Crippen MR) is 109 cm³/mol. The van der Waals surface area contributed by atoms with Crippen LogP contribution >= 0.6 is 0 Å². The quantitative estimate of drug-likeness (QED) is 0.806. The van der Waals surface area contributed by atoms with Gasteiger partial charge in [0.1, 0.15) is 10.7 Å². The fraction of sp³-hybridized carbons (Fsp3) is 0.429. The lowest BCUT2D eigenvalue weighted by atomic mass is 10.0. The fourth-order valence-corrected chi connectivity index (χ4v) is 5.35. The van der Waals surface area contributed by atoms with Gasteiger partial charge in [-0.1, -0.05) is 24.3 Å². The second kappa shape index (κ2) is 7.81. The summed E-state index contributed by atoms with van der Waals surface area (Å²) in [6, 6.07) is 11.9. The van der Waals surface area contributed by atoms with Crippen LogP contribution in [0.5, 0.6) is 0 Å². The van der Waals surface area contributed by atoms with Gasteiger partial charge in [0.05, 0.1) is 0 Å². The molecule has 2 aliphatic rings. The maximum Gasteiger partial charge on any atom is 0.243 e. The average molecular weight is 404 g/mol. The van der Waals surface area contributed by atoms with Crippen LogP contribution in [0.3, 0.4) is 0 Å². The number of fused-ring (bicyclic) bond motifs is 1. The lowest BCUT2D eigenvalue weighted by molar-refractivity contribution is 0.246. The molecule has 2 aromatic carbocycles. The SMILES string of the molecule is CN1CCc2cc([C@H](CNS(=O)(=O)c3ccccc3F)N3CCCC3)ccc21. The molecule has 2 aromatic rings. The van der Waals surface area contributed by atoms with Crippen LogP contribution in [-0.4, -0.2) is 46.5 Å². The lowest BCUT2D eigenvalue weighted by Crippen LogP contribution is -2.37. The number of halogens is 1. The minimum atomic E-state index is -3.90. The van der Waals surface area contributed by atoms with E-state index < -0.39 is 15.8 Å². The molecule has 0 aromatic heterocycles. The average Bonchev–Trinajstić information content (AvgIpc) is 3.33. The van der Waals surface area contributed by atoms with Gasteiger partial charge in [-0.05, 0) is 61.7 Å². The Labute approximate surface area is 166 Å². The normalized spacial score (nSPS) is 18.4. The molecule has 0 amide bonds. The first-order valence-electron chi connectivity index (χ1n) is 9.78. The highest BCUT2D eigenvalue weighted by atomic mass is 32.2. The molecule has 4 rings (SSSR count). The van der Waals surface area contributed by atoms with Crippen molar-refractivity contribution in [3.63, 3.8) is 0 Å². The third-order valence-electron chi connectivity index (χ3n) is 5.79. The van der Waals surface area contributed by atoms with E-state index in [1.807, 2.05) is 0 Å². The molecular formula is C21H26FN3O2S. The number of likely N-dealkylation sites (tertiary alicyclic amines) is 1. The third kappa shape index (κ3) is 3.79. The molecule has 150 valence electrons. The summed E-state index contributed by atoms with van der Waals surface area (Å²) in [6.07, 6.45) is 3.24. The van der Waals surface area contributed by atoms with Crippen LogP contribution in [0.1, 0.15) is 30.0 Å². The Morgan fingerprint density at radius 1 is 1.11 bits per heavy atom. The second-order valence-electron chi connectivity index (χ2n) is 7.60. The third-order valence-corrected chi connectivity index (χ3v) is 7.25. The van der Waals surface area contributed by atoms with Crippen molar-refractivity contribution in [1.29, 1.82) is 0 Å². The van der Waals surface area contributed by atoms with Crippen LogP contribution < -0.4 is 9.62 Å². The highest BCUT2D eigenvalue weighted by Gasteiger charge is 2.28. The molecule has 2 heterocycles. The maximum atomic E-state index is 14.0. The van der Waals surface area contributed by atoms with Gasteiger partial charge in [-0.3, -0.25) is 4.90 Å². The van der Waals surface area contributed by atoms with Crippen molar-refractivity contribution >= 4 is 15.7 Å². The number of rotatable bonds is 6. The number of nitrogens with one attached hydrogen (secondary N) is 1. The number of hydrogen-bond donors (Lipinski definition) is 1. The Morgan fingerprint density at radius 3 is 2.61 bits per heavy atom. The monoisotopic (exact) mass is 403 g/mol. The van der Waals surface area contributed by atoms with Gasteiger partial charge in [0, 0.05) is 31.9 Å². The molecule has 0 unspecified atom stereocenters. The molecule has 1 N–H and O–H groups in total. The van der Waals surface area contributed by atoms with Crippen molar-refractivity contribution in [2.45, 2.75) is 30.2 Å². The summed E-state index contributed by atoms with van der Waals surface area (Å²) < 4.78 is 41.9. The molecular weight excluding hydrogens is 377 g/mol. The number of anilines is 1. The number of hydrogen-bond acceptors (Lipinski definition) is 4. The number of likely N-dealkylation sites (N-methyl/N-ethyl adjacent to an activating group) is 1. The molecule has 1 saturated heterocycles. The van der Waals surface area contributed by atoms with E-state index in [2.05, 4.69) is 39.8 Å². The Hall–Kier alpha value is -1.96. The van der Waals surface area contributed by atoms with Gasteiger partial charge in [-0.25, -0.2) is 17.5 Å². The van der Waals surface area contributed by atoms with Crippen molar-refractivity contribution in [2.24, 2.45) is 0 Å². The molecule has 1 atom stereocenters. The number of nitrogens with zero attached hydrogens (tertiary/aromatic N) is 2. The predicted octanol–water partition coefficient (Wildman–Crippen LogP) is 2.93. The van der Waals surface area contributed by atoms with Crippen molar-refractivity contribution in [3.8, 4) is 0 Å². The summed E-state index contributed by atoms with van der Waals surface area (Å²) in [5.41, 5.74) is 3.67. The maximum absolute atomic E-state index is 14.0. The Kier molecular flexibility index (Phi) is 5.40. The van der Waals surface area contributed by atoms with E-state index >= 15 is 0 Å². The first-order chi connectivity index (χ1) is 13.5. The molecule has 2 aliphatic heterocycles. The van der Waals surface area contributed by atoms with Crippen LogP contribution in [-0.2, 0) is 16.4 Å². The first-order valence-corrected chi connectivity index (χ1v) is 11.3. The summed E-state index contributed by atoms with van der Waals surface area (Å²) in [6.45, 7) is 3.13. The van der Waals surface area contributed by atoms with E-state index in [4.69, 9.17) is 0 Å². The molecule has 1 fully saturated rings. The van der Waals surface area contributed by atoms with Crippen molar-refractivity contribution in [3.05, 3.63) is 59.4 Å². The molecule has 0 spiro atoms. The van der Waals surface area contributed by atoms with E-state index in [9.17, 15) is 12.8 Å². The number of benzene rings is 2. The topological polar surface area (TPSA) is 52.7 Å². The Bertz CT molecular complexity index is 958. The zero-order valence-electron chi connectivity index (χ0n) is 16.1. The summed E-state index contributed by atoms with van der Waals surface area (Å²) in [5.74, 6) is -0.728. The molecule has 0 bridgehead atoms. The van der Waals surface area contributed by atoms with Crippen LogP contribution in [0.25, 0.3) is 0 Å². The van der Waals surface area contributed by atoms with E-state index in [0.29, 0.717) is 0 Å². The Morgan fingerprint density at radius 2 is 1.86 bits per heavy atom.